The quantitative estimate of drug-likeness (QED) is 0.343. The Morgan fingerprint density at radius 2 is 1.77 bits per heavy atom. The van der Waals surface area contributed by atoms with Crippen molar-refractivity contribution < 1.29 is 45.1 Å². The molecule has 8 nitrogen and oxygen atoms in total. The normalized spacial score (nSPS) is 13.8. The number of rotatable bonds is 3. The molecular weight excluding hydrogens is 539 g/mol. The zero-order valence-corrected chi connectivity index (χ0v) is 19.7. The van der Waals surface area contributed by atoms with E-state index in [2.05, 4.69) is 22.2 Å². The van der Waals surface area contributed by atoms with Crippen LogP contribution < -0.4 is 14.5 Å². The average molecular weight is 555 g/mol. The molecule has 0 radical (unpaired) electrons. The van der Waals surface area contributed by atoms with Crippen LogP contribution in [0.5, 0.6) is 5.75 Å². The minimum Gasteiger partial charge on any atom is -0.407 e. The number of carbonyl (C=O) groups is 2. The maximum absolute atomic E-state index is 14.0. The number of benzene rings is 2. The van der Waals surface area contributed by atoms with Gasteiger partial charge in [-0.15, -0.1) is 0 Å². The Morgan fingerprint density at radius 3 is 2.36 bits per heavy atom. The first-order valence-electron chi connectivity index (χ1n) is 10.9. The predicted octanol–water partition coefficient (Wildman–Crippen LogP) is 5.47. The number of aromatic amines is 1. The second-order valence-electron chi connectivity index (χ2n) is 8.08. The fourth-order valence-electron chi connectivity index (χ4n) is 3.54. The Bertz CT molecular complexity index is 1440. The van der Waals surface area contributed by atoms with E-state index < -0.39 is 52.9 Å². The topological polar surface area (TPSA) is 81.8 Å². The van der Waals surface area contributed by atoms with Crippen LogP contribution in [0.4, 0.5) is 51.7 Å². The molecular formula is C24H16F7N5O3. The van der Waals surface area contributed by atoms with Gasteiger partial charge in [-0.3, -0.25) is 19.8 Å². The standard InChI is InChI=1S/C24H16F7N5O3/c1-34(17-4-2-16(25)3-5-17)22(38)39-20-18(24(29,30)31)10-15(23(26,27)28)11-19(20)36-9-8-35(21(36)37)7-6-14-12-32-33-13-14/h2-5,10-13H,8-9H2,1H3,(H,32,33). The largest absolute Gasteiger partial charge is 0.420 e. The summed E-state index contributed by atoms with van der Waals surface area (Å²) in [4.78, 5) is 28.0. The molecule has 1 N–H and O–H groups in total. The highest BCUT2D eigenvalue weighted by atomic mass is 19.4. The van der Waals surface area contributed by atoms with E-state index in [4.69, 9.17) is 4.74 Å². The highest BCUT2D eigenvalue weighted by Gasteiger charge is 2.44. The van der Waals surface area contributed by atoms with Crippen molar-refractivity contribution in [3.05, 3.63) is 71.3 Å². The minimum absolute atomic E-state index is 0.0152. The maximum Gasteiger partial charge on any atom is 0.420 e. The van der Waals surface area contributed by atoms with Crippen molar-refractivity contribution in [2.45, 2.75) is 12.4 Å². The summed E-state index contributed by atoms with van der Waals surface area (Å²) < 4.78 is 101. The molecule has 1 fully saturated rings. The number of aromatic nitrogens is 2. The first kappa shape index (κ1) is 27.3. The van der Waals surface area contributed by atoms with Crippen LogP contribution in [0.3, 0.4) is 0 Å². The second-order valence-corrected chi connectivity index (χ2v) is 8.08. The Morgan fingerprint density at radius 1 is 1.08 bits per heavy atom. The lowest BCUT2D eigenvalue weighted by Gasteiger charge is -2.25. The van der Waals surface area contributed by atoms with E-state index >= 15 is 0 Å². The van der Waals surface area contributed by atoms with E-state index in [0.29, 0.717) is 16.5 Å². The number of anilines is 2. The summed E-state index contributed by atoms with van der Waals surface area (Å²) in [5.74, 6) is 0.613. The van der Waals surface area contributed by atoms with Crippen LogP contribution in [0, 0.1) is 17.8 Å². The number of H-pyrrole nitrogens is 1. The monoisotopic (exact) mass is 555 g/mol. The van der Waals surface area contributed by atoms with Gasteiger partial charge in [0.05, 0.1) is 29.6 Å². The van der Waals surface area contributed by atoms with Gasteiger partial charge in [-0.05, 0) is 42.3 Å². The lowest BCUT2D eigenvalue weighted by molar-refractivity contribution is -0.143. The molecule has 1 saturated heterocycles. The van der Waals surface area contributed by atoms with Gasteiger partial charge in [0.15, 0.2) is 5.75 Å². The Labute approximate surface area is 215 Å². The smallest absolute Gasteiger partial charge is 0.407 e. The minimum atomic E-state index is -5.41. The number of hydrogen-bond donors (Lipinski definition) is 1. The summed E-state index contributed by atoms with van der Waals surface area (Å²) in [6, 6.07) is 5.74. The first-order valence-corrected chi connectivity index (χ1v) is 10.9. The predicted molar refractivity (Wildman–Crippen MR) is 122 cm³/mol. The number of amides is 3. The Hall–Kier alpha value is -4.74. The number of nitrogens with one attached hydrogen (secondary N) is 1. The van der Waals surface area contributed by atoms with E-state index in [-0.39, 0.29) is 24.8 Å². The van der Waals surface area contributed by atoms with Gasteiger partial charge in [-0.25, -0.2) is 14.0 Å². The summed E-state index contributed by atoms with van der Waals surface area (Å²) in [5, 5.41) is 6.16. The molecule has 0 bridgehead atoms. The second kappa shape index (κ2) is 10.2. The van der Waals surface area contributed by atoms with Gasteiger partial charge in [-0.2, -0.15) is 31.4 Å². The molecule has 0 aliphatic carbocycles. The summed E-state index contributed by atoms with van der Waals surface area (Å²) in [5.41, 5.74) is -4.19. The maximum atomic E-state index is 14.0. The molecule has 39 heavy (non-hydrogen) atoms. The van der Waals surface area contributed by atoms with E-state index in [1.54, 1.807) is 0 Å². The summed E-state index contributed by atoms with van der Waals surface area (Å²) >= 11 is 0. The third-order valence-electron chi connectivity index (χ3n) is 5.51. The van der Waals surface area contributed by atoms with Crippen molar-refractivity contribution in [3.63, 3.8) is 0 Å². The lowest BCUT2D eigenvalue weighted by Crippen LogP contribution is -2.33. The van der Waals surface area contributed by atoms with E-state index in [0.717, 1.165) is 41.1 Å². The number of hydrogen-bond acceptors (Lipinski definition) is 4. The van der Waals surface area contributed by atoms with E-state index in [1.165, 1.54) is 12.4 Å². The molecule has 204 valence electrons. The Kier molecular flexibility index (Phi) is 7.14. The average Bonchev–Trinajstić information content (AvgIpc) is 3.51. The number of halogens is 7. The Balaban J connectivity index is 1.78. The van der Waals surface area contributed by atoms with Gasteiger partial charge >= 0.3 is 24.5 Å². The van der Waals surface area contributed by atoms with Gasteiger partial charge in [0, 0.05) is 31.5 Å². The molecule has 3 amide bonds. The van der Waals surface area contributed by atoms with Crippen molar-refractivity contribution in [2.24, 2.45) is 0 Å². The lowest BCUT2D eigenvalue weighted by atomic mass is 10.1. The third kappa shape index (κ3) is 5.89. The van der Waals surface area contributed by atoms with Crippen LogP contribution in [0.1, 0.15) is 16.7 Å². The van der Waals surface area contributed by atoms with Crippen LogP contribution in [0.15, 0.2) is 48.8 Å². The van der Waals surface area contributed by atoms with Crippen molar-refractivity contribution in [3.8, 4) is 17.7 Å². The molecule has 0 saturated carbocycles. The molecule has 1 aliphatic rings. The van der Waals surface area contributed by atoms with Crippen molar-refractivity contribution in [1.82, 2.24) is 15.1 Å². The van der Waals surface area contributed by atoms with Gasteiger partial charge < -0.3 is 4.74 Å². The number of nitrogens with zero attached hydrogens (tertiary/aromatic N) is 4. The van der Waals surface area contributed by atoms with Crippen LogP contribution in [0.2, 0.25) is 0 Å². The van der Waals surface area contributed by atoms with Crippen LogP contribution in [-0.4, -0.2) is 47.4 Å². The SMILES string of the molecule is CN(C(=O)Oc1c(N2CCN(C#Cc3cn[nH]c3)C2=O)cc(C(F)(F)F)cc1C(F)(F)F)c1ccc(F)cc1. The van der Waals surface area contributed by atoms with Crippen molar-refractivity contribution in [1.29, 1.82) is 0 Å². The van der Waals surface area contributed by atoms with Crippen LogP contribution >= 0.6 is 0 Å². The molecule has 4 rings (SSSR count). The number of alkyl halides is 6. The molecule has 1 aromatic heterocycles. The van der Waals surface area contributed by atoms with Crippen molar-refractivity contribution >= 4 is 23.5 Å². The number of ether oxygens (including phenoxy) is 1. The summed E-state index contributed by atoms with van der Waals surface area (Å²) in [6.45, 7) is -0.542. The third-order valence-corrected chi connectivity index (χ3v) is 5.51. The molecule has 1 aliphatic heterocycles. The molecule has 0 spiro atoms. The van der Waals surface area contributed by atoms with E-state index in [9.17, 15) is 40.3 Å². The molecule has 2 heterocycles. The highest BCUT2D eigenvalue weighted by Crippen LogP contribution is 2.47. The van der Waals surface area contributed by atoms with Gasteiger partial charge in [-0.1, -0.05) is 0 Å². The summed E-state index contributed by atoms with van der Waals surface area (Å²) in [6.07, 6.45) is -9.34. The molecule has 2 aromatic carbocycles. The van der Waals surface area contributed by atoms with Gasteiger partial charge in [0.2, 0.25) is 0 Å². The van der Waals surface area contributed by atoms with Crippen LogP contribution in [0.25, 0.3) is 0 Å². The summed E-state index contributed by atoms with van der Waals surface area (Å²) in [7, 11) is 1.10. The molecule has 0 atom stereocenters. The number of urea groups is 1. The first-order chi connectivity index (χ1) is 18.3. The van der Waals surface area contributed by atoms with Gasteiger partial charge in [0.25, 0.3) is 0 Å². The van der Waals surface area contributed by atoms with Crippen LogP contribution in [-0.2, 0) is 12.4 Å². The highest BCUT2D eigenvalue weighted by molar-refractivity contribution is 5.98. The zero-order valence-electron chi connectivity index (χ0n) is 19.7. The molecule has 15 heteroatoms. The number of carbonyl (C=O) groups excluding carboxylic acids is 2. The molecule has 0 unspecified atom stereocenters. The fraction of sp³-hybridized carbons (Fsp3) is 0.208. The molecule has 3 aromatic rings. The van der Waals surface area contributed by atoms with E-state index in [1.807, 2.05) is 0 Å². The zero-order chi connectivity index (χ0) is 28.5. The van der Waals surface area contributed by atoms with Crippen molar-refractivity contribution in [2.75, 3.05) is 29.9 Å². The fourth-order valence-corrected chi connectivity index (χ4v) is 3.54. The van der Waals surface area contributed by atoms with Gasteiger partial charge in [0.1, 0.15) is 11.4 Å².